The summed E-state index contributed by atoms with van der Waals surface area (Å²) in [6.07, 6.45) is 10.7. The lowest BCUT2D eigenvalue weighted by atomic mass is 10.1. The number of hydrogen-bond donors (Lipinski definition) is 3. The van der Waals surface area contributed by atoms with E-state index < -0.39 is 9.84 Å². The van der Waals surface area contributed by atoms with Crippen LogP contribution in [0.1, 0.15) is 68.8 Å². The Labute approximate surface area is 275 Å². The molecule has 2 aromatic carbocycles. The lowest BCUT2D eigenvalue weighted by Crippen LogP contribution is -2.34. The summed E-state index contributed by atoms with van der Waals surface area (Å²) >= 11 is 0. The van der Waals surface area contributed by atoms with Crippen LogP contribution in [0.25, 0.3) is 0 Å². The molecule has 244 valence electrons. The van der Waals surface area contributed by atoms with Gasteiger partial charge in [0.25, 0.3) is 11.8 Å². The Bertz CT molecular complexity index is 1900. The Morgan fingerprint density at radius 1 is 0.979 bits per heavy atom. The molecule has 1 saturated carbocycles. The second-order valence-corrected chi connectivity index (χ2v) is 14.5. The molecule has 2 fully saturated rings. The van der Waals surface area contributed by atoms with E-state index in [-0.39, 0.29) is 28.0 Å². The highest BCUT2D eigenvalue weighted by Gasteiger charge is 2.47. The van der Waals surface area contributed by atoms with Gasteiger partial charge in [0, 0.05) is 67.9 Å². The summed E-state index contributed by atoms with van der Waals surface area (Å²) in [7, 11) is -2.11. The molecular weight excluding hydrogens is 614 g/mol. The molecule has 2 amide bonds. The summed E-state index contributed by atoms with van der Waals surface area (Å²) in [5.74, 6) is 5.24. The zero-order valence-electron chi connectivity index (χ0n) is 26.5. The standard InChI is InChI=1S/C35H39N7O4S/c1-41-18-12-31(40-41)24-47(45,46)32-11-10-30(34(44)36-16-2-3-27-22-38-39-23-27)21-29(32)9-6-26-4-7-28(8-5-26)33(43)37-17-20-42-19-15-35(25-42)13-14-35/h4-5,7-8,10-12,18,21-23H,2-3,13-17,19-20,24-25H2,1H3,(H,36,44)(H,37,43)(H,38,39). The van der Waals surface area contributed by atoms with Crippen LogP contribution in [0.3, 0.4) is 0 Å². The van der Waals surface area contributed by atoms with Gasteiger partial charge in [-0.05, 0) is 98.2 Å². The van der Waals surface area contributed by atoms with Crippen LogP contribution in [0, 0.1) is 17.3 Å². The predicted octanol–water partition coefficient (Wildman–Crippen LogP) is 3.10. The first kappa shape index (κ1) is 32.2. The van der Waals surface area contributed by atoms with Gasteiger partial charge >= 0.3 is 0 Å². The summed E-state index contributed by atoms with van der Waals surface area (Å²) in [6, 6.07) is 13.0. The summed E-state index contributed by atoms with van der Waals surface area (Å²) in [6.45, 7) is 4.15. The number of carbonyl (C=O) groups excluding carboxylic acids is 2. The van der Waals surface area contributed by atoms with Gasteiger partial charge in [-0.15, -0.1) is 0 Å². The molecule has 6 rings (SSSR count). The molecule has 1 aliphatic carbocycles. The third-order valence-electron chi connectivity index (χ3n) is 8.84. The topological polar surface area (TPSA) is 142 Å². The van der Waals surface area contributed by atoms with Crippen molar-refractivity contribution in [2.24, 2.45) is 12.5 Å². The SMILES string of the molecule is Cn1ccc(CS(=O)(=O)c2ccc(C(=O)NCCCc3cn[nH]c3)cc2C#Cc2ccc(C(=O)NCCN3CCC4(CC4)C3)cc2)n1. The number of aromatic amines is 1. The molecule has 0 unspecified atom stereocenters. The third-order valence-corrected chi connectivity index (χ3v) is 10.5. The number of aryl methyl sites for hydroxylation is 2. The van der Waals surface area contributed by atoms with Gasteiger partial charge in [0.1, 0.15) is 0 Å². The highest BCUT2D eigenvalue weighted by molar-refractivity contribution is 7.90. The smallest absolute Gasteiger partial charge is 0.251 e. The van der Waals surface area contributed by atoms with E-state index in [9.17, 15) is 18.0 Å². The van der Waals surface area contributed by atoms with E-state index in [1.54, 1.807) is 54.5 Å². The van der Waals surface area contributed by atoms with Crippen LogP contribution in [-0.2, 0) is 29.1 Å². The van der Waals surface area contributed by atoms with Crippen molar-refractivity contribution in [2.75, 3.05) is 32.7 Å². The zero-order valence-corrected chi connectivity index (χ0v) is 27.3. The first-order chi connectivity index (χ1) is 22.7. The van der Waals surface area contributed by atoms with Crippen LogP contribution >= 0.6 is 0 Å². The minimum atomic E-state index is -3.83. The molecule has 0 atom stereocenters. The van der Waals surface area contributed by atoms with Crippen LogP contribution in [0.4, 0.5) is 0 Å². The van der Waals surface area contributed by atoms with Crippen molar-refractivity contribution in [3.63, 3.8) is 0 Å². The van der Waals surface area contributed by atoms with Gasteiger partial charge in [-0.2, -0.15) is 10.2 Å². The maximum Gasteiger partial charge on any atom is 0.251 e. The second-order valence-electron chi connectivity index (χ2n) is 12.5. The third kappa shape index (κ3) is 8.36. The number of likely N-dealkylation sites (tertiary alicyclic amines) is 1. The molecule has 2 aliphatic rings. The van der Waals surface area contributed by atoms with Crippen molar-refractivity contribution in [1.29, 1.82) is 0 Å². The van der Waals surface area contributed by atoms with Crippen molar-refractivity contribution in [3.05, 3.63) is 101 Å². The Kier molecular flexibility index (Phi) is 9.56. The Hall–Kier alpha value is -4.73. The summed E-state index contributed by atoms with van der Waals surface area (Å²) in [4.78, 5) is 28.2. The van der Waals surface area contributed by atoms with Gasteiger partial charge in [0.05, 0.1) is 22.5 Å². The Morgan fingerprint density at radius 2 is 1.74 bits per heavy atom. The maximum absolute atomic E-state index is 13.5. The largest absolute Gasteiger partial charge is 0.352 e. The highest BCUT2D eigenvalue weighted by Crippen LogP contribution is 2.52. The van der Waals surface area contributed by atoms with Gasteiger partial charge in [-0.3, -0.25) is 19.4 Å². The van der Waals surface area contributed by atoms with E-state index in [2.05, 4.69) is 42.7 Å². The fourth-order valence-electron chi connectivity index (χ4n) is 5.94. The average molecular weight is 654 g/mol. The number of amides is 2. The fraction of sp³-hybridized carbons (Fsp3) is 0.371. The molecule has 0 bridgehead atoms. The molecule has 1 saturated heterocycles. The van der Waals surface area contributed by atoms with Crippen LogP contribution in [-0.4, -0.2) is 77.8 Å². The van der Waals surface area contributed by atoms with Crippen molar-refractivity contribution in [3.8, 4) is 11.8 Å². The molecule has 47 heavy (non-hydrogen) atoms. The molecule has 0 radical (unpaired) electrons. The van der Waals surface area contributed by atoms with E-state index in [4.69, 9.17) is 0 Å². The van der Waals surface area contributed by atoms with E-state index in [0.717, 1.165) is 38.0 Å². The van der Waals surface area contributed by atoms with Gasteiger partial charge in [-0.1, -0.05) is 11.8 Å². The van der Waals surface area contributed by atoms with Crippen molar-refractivity contribution in [1.82, 2.24) is 35.5 Å². The minimum absolute atomic E-state index is 0.0220. The van der Waals surface area contributed by atoms with Crippen LogP contribution < -0.4 is 10.6 Å². The summed E-state index contributed by atoms with van der Waals surface area (Å²) < 4.78 is 28.5. The molecule has 2 aromatic heterocycles. The first-order valence-corrected chi connectivity index (χ1v) is 17.6. The molecule has 12 heteroatoms. The normalized spacial score (nSPS) is 15.3. The van der Waals surface area contributed by atoms with Crippen LogP contribution in [0.2, 0.25) is 0 Å². The number of benzene rings is 2. The highest BCUT2D eigenvalue weighted by atomic mass is 32.2. The molecule has 3 heterocycles. The number of sulfone groups is 1. The minimum Gasteiger partial charge on any atom is -0.352 e. The van der Waals surface area contributed by atoms with Gasteiger partial charge in [0.2, 0.25) is 0 Å². The lowest BCUT2D eigenvalue weighted by Gasteiger charge is -2.16. The van der Waals surface area contributed by atoms with E-state index in [1.807, 2.05) is 6.20 Å². The quantitative estimate of drug-likeness (QED) is 0.158. The second kappa shape index (κ2) is 13.9. The first-order valence-electron chi connectivity index (χ1n) is 15.9. The number of hydrogen-bond acceptors (Lipinski definition) is 7. The number of rotatable bonds is 12. The summed E-state index contributed by atoms with van der Waals surface area (Å²) in [5.41, 5.74) is 3.69. The Morgan fingerprint density at radius 3 is 2.45 bits per heavy atom. The van der Waals surface area contributed by atoms with E-state index in [1.165, 1.54) is 37.5 Å². The van der Waals surface area contributed by atoms with Crippen molar-refractivity contribution in [2.45, 2.75) is 42.8 Å². The zero-order chi connectivity index (χ0) is 32.9. The summed E-state index contributed by atoms with van der Waals surface area (Å²) in [5, 5.41) is 16.8. The van der Waals surface area contributed by atoms with Crippen molar-refractivity contribution >= 4 is 21.7 Å². The lowest BCUT2D eigenvalue weighted by molar-refractivity contribution is 0.0943. The Balaban J connectivity index is 1.13. The fourth-order valence-corrected chi connectivity index (χ4v) is 7.36. The van der Waals surface area contributed by atoms with E-state index >= 15 is 0 Å². The maximum atomic E-state index is 13.5. The number of nitrogens with one attached hydrogen (secondary N) is 3. The number of aromatic nitrogens is 4. The van der Waals surface area contributed by atoms with Crippen molar-refractivity contribution < 1.29 is 18.0 Å². The molecule has 3 N–H and O–H groups in total. The molecule has 11 nitrogen and oxygen atoms in total. The van der Waals surface area contributed by atoms with Gasteiger partial charge in [-0.25, -0.2) is 8.42 Å². The molecule has 4 aromatic rings. The number of carbonyl (C=O) groups is 2. The number of H-pyrrole nitrogens is 1. The molecule has 1 aliphatic heterocycles. The molecule has 1 spiro atoms. The molecular formula is C35H39N7O4S. The van der Waals surface area contributed by atoms with Crippen LogP contribution in [0.15, 0.2) is 72.0 Å². The van der Waals surface area contributed by atoms with Crippen LogP contribution in [0.5, 0.6) is 0 Å². The van der Waals surface area contributed by atoms with E-state index in [0.29, 0.717) is 40.9 Å². The number of nitrogens with zero attached hydrogens (tertiary/aromatic N) is 4. The average Bonchev–Trinajstić information content (AvgIpc) is 3.36. The monoisotopic (exact) mass is 653 g/mol. The predicted molar refractivity (Wildman–Crippen MR) is 177 cm³/mol. The van der Waals surface area contributed by atoms with Gasteiger partial charge < -0.3 is 15.5 Å². The van der Waals surface area contributed by atoms with Gasteiger partial charge in [0.15, 0.2) is 9.84 Å².